The minimum Gasteiger partial charge on any atom is -0.297 e. The number of rotatable bonds is 6. The van der Waals surface area contributed by atoms with Gasteiger partial charge in [-0.3, -0.25) is 4.99 Å². The lowest BCUT2D eigenvalue weighted by atomic mass is 10.2. The standard InChI is InChI=1S/C10H19N/c1-2-3-4-5-8-11-9-10-6-7-10/h9-10H,2-8H2,1H3. The molecule has 1 heteroatoms. The number of nitrogens with zero attached hydrogens (tertiary/aromatic N) is 1. The first-order chi connectivity index (χ1) is 5.43. The first kappa shape index (κ1) is 8.76. The van der Waals surface area contributed by atoms with Crippen LogP contribution in [0.4, 0.5) is 0 Å². The molecule has 1 nitrogen and oxygen atoms in total. The summed E-state index contributed by atoms with van der Waals surface area (Å²) in [5.41, 5.74) is 0. The van der Waals surface area contributed by atoms with E-state index >= 15 is 0 Å². The van der Waals surface area contributed by atoms with Gasteiger partial charge in [-0.05, 0) is 25.2 Å². The summed E-state index contributed by atoms with van der Waals surface area (Å²) >= 11 is 0. The second-order valence-electron chi connectivity index (χ2n) is 3.45. The van der Waals surface area contributed by atoms with Gasteiger partial charge in [0.2, 0.25) is 0 Å². The van der Waals surface area contributed by atoms with E-state index in [1.807, 2.05) is 0 Å². The van der Waals surface area contributed by atoms with Gasteiger partial charge in [-0.2, -0.15) is 0 Å². The quantitative estimate of drug-likeness (QED) is 0.411. The Bertz CT molecular complexity index is 114. The van der Waals surface area contributed by atoms with Crippen molar-refractivity contribution in [3.05, 3.63) is 0 Å². The number of hydrogen-bond donors (Lipinski definition) is 0. The molecule has 1 aliphatic rings. The topological polar surface area (TPSA) is 12.4 Å². The van der Waals surface area contributed by atoms with Crippen LogP contribution in [-0.4, -0.2) is 12.8 Å². The Hall–Kier alpha value is -0.330. The average Bonchev–Trinajstić information content (AvgIpc) is 2.80. The highest BCUT2D eigenvalue weighted by atomic mass is 14.7. The smallest absolute Gasteiger partial charge is 0.0385 e. The van der Waals surface area contributed by atoms with Crippen molar-refractivity contribution < 1.29 is 0 Å². The van der Waals surface area contributed by atoms with Crippen LogP contribution >= 0.6 is 0 Å². The van der Waals surface area contributed by atoms with Crippen molar-refractivity contribution in [1.29, 1.82) is 0 Å². The predicted molar refractivity (Wildman–Crippen MR) is 50.2 cm³/mol. The van der Waals surface area contributed by atoms with E-state index in [-0.39, 0.29) is 0 Å². The lowest BCUT2D eigenvalue weighted by molar-refractivity contribution is 0.675. The third kappa shape index (κ3) is 5.00. The van der Waals surface area contributed by atoms with E-state index in [0.29, 0.717) is 0 Å². The molecular weight excluding hydrogens is 134 g/mol. The number of aliphatic imine (C=N–C) groups is 1. The highest BCUT2D eigenvalue weighted by molar-refractivity contribution is 5.63. The van der Waals surface area contributed by atoms with Gasteiger partial charge in [0.05, 0.1) is 0 Å². The molecule has 0 N–H and O–H groups in total. The predicted octanol–water partition coefficient (Wildman–Crippen LogP) is 3.05. The minimum atomic E-state index is 0.862. The molecule has 1 rings (SSSR count). The molecule has 0 spiro atoms. The summed E-state index contributed by atoms with van der Waals surface area (Å²) in [6.07, 6.45) is 10.3. The van der Waals surface area contributed by atoms with Crippen LogP contribution in [0.25, 0.3) is 0 Å². The molecule has 0 radical (unpaired) electrons. The van der Waals surface area contributed by atoms with Gasteiger partial charge in [-0.1, -0.05) is 26.2 Å². The highest BCUT2D eigenvalue weighted by Crippen LogP contribution is 2.26. The molecule has 1 aliphatic carbocycles. The second-order valence-corrected chi connectivity index (χ2v) is 3.45. The van der Waals surface area contributed by atoms with Gasteiger partial charge in [-0.15, -0.1) is 0 Å². The Morgan fingerprint density at radius 3 is 2.73 bits per heavy atom. The maximum Gasteiger partial charge on any atom is 0.0385 e. The zero-order valence-corrected chi connectivity index (χ0v) is 7.55. The van der Waals surface area contributed by atoms with E-state index in [1.165, 1.54) is 38.5 Å². The van der Waals surface area contributed by atoms with Crippen molar-refractivity contribution in [3.63, 3.8) is 0 Å². The lowest BCUT2D eigenvalue weighted by Gasteiger charge is -1.93. The van der Waals surface area contributed by atoms with Crippen LogP contribution in [0.5, 0.6) is 0 Å². The Kier molecular flexibility index (Phi) is 4.25. The fraction of sp³-hybridized carbons (Fsp3) is 0.900. The van der Waals surface area contributed by atoms with Crippen molar-refractivity contribution in [1.82, 2.24) is 0 Å². The van der Waals surface area contributed by atoms with Gasteiger partial charge in [0.15, 0.2) is 0 Å². The summed E-state index contributed by atoms with van der Waals surface area (Å²) in [6, 6.07) is 0. The number of unbranched alkanes of at least 4 members (excludes halogenated alkanes) is 3. The molecule has 11 heavy (non-hydrogen) atoms. The third-order valence-corrected chi connectivity index (χ3v) is 2.08. The van der Waals surface area contributed by atoms with Crippen molar-refractivity contribution >= 4 is 6.21 Å². The summed E-state index contributed by atoms with van der Waals surface area (Å²) in [5.74, 6) is 0.862. The molecule has 1 saturated carbocycles. The zero-order valence-electron chi connectivity index (χ0n) is 7.55. The molecule has 0 heterocycles. The summed E-state index contributed by atoms with van der Waals surface area (Å²) in [5, 5.41) is 0. The van der Waals surface area contributed by atoms with E-state index in [0.717, 1.165) is 12.5 Å². The first-order valence-electron chi connectivity index (χ1n) is 4.93. The Morgan fingerprint density at radius 1 is 1.27 bits per heavy atom. The summed E-state index contributed by atoms with van der Waals surface area (Å²) in [4.78, 5) is 4.38. The SMILES string of the molecule is CCCCCCN=CC1CC1. The molecule has 0 aromatic carbocycles. The normalized spacial score (nSPS) is 17.9. The van der Waals surface area contributed by atoms with Gasteiger partial charge in [0, 0.05) is 12.8 Å². The molecule has 1 fully saturated rings. The van der Waals surface area contributed by atoms with Gasteiger partial charge < -0.3 is 0 Å². The molecule has 0 aromatic heterocycles. The van der Waals surface area contributed by atoms with E-state index in [9.17, 15) is 0 Å². The maximum atomic E-state index is 4.38. The van der Waals surface area contributed by atoms with Crippen LogP contribution in [0.2, 0.25) is 0 Å². The molecule has 0 atom stereocenters. The van der Waals surface area contributed by atoms with E-state index in [4.69, 9.17) is 0 Å². The maximum absolute atomic E-state index is 4.38. The molecule has 0 aromatic rings. The van der Waals surface area contributed by atoms with Crippen molar-refractivity contribution in [2.75, 3.05) is 6.54 Å². The third-order valence-electron chi connectivity index (χ3n) is 2.08. The van der Waals surface area contributed by atoms with Crippen molar-refractivity contribution in [2.45, 2.75) is 45.4 Å². The zero-order chi connectivity index (χ0) is 7.94. The fourth-order valence-corrected chi connectivity index (χ4v) is 1.10. The number of hydrogen-bond acceptors (Lipinski definition) is 1. The van der Waals surface area contributed by atoms with Crippen LogP contribution in [0, 0.1) is 5.92 Å². The van der Waals surface area contributed by atoms with Gasteiger partial charge >= 0.3 is 0 Å². The molecule has 0 aliphatic heterocycles. The highest BCUT2D eigenvalue weighted by Gasteiger charge is 2.17. The van der Waals surface area contributed by atoms with Gasteiger partial charge in [-0.25, -0.2) is 0 Å². The van der Waals surface area contributed by atoms with Crippen molar-refractivity contribution in [2.24, 2.45) is 10.9 Å². The summed E-state index contributed by atoms with van der Waals surface area (Å²) in [6.45, 7) is 3.31. The Labute approximate surface area is 69.9 Å². The van der Waals surface area contributed by atoms with Gasteiger partial charge in [0.25, 0.3) is 0 Å². The molecule has 64 valence electrons. The average molecular weight is 153 g/mol. The monoisotopic (exact) mass is 153 g/mol. The van der Waals surface area contributed by atoms with Crippen LogP contribution in [0.1, 0.15) is 45.4 Å². The molecule has 0 bridgehead atoms. The molecular formula is C10H19N. The summed E-state index contributed by atoms with van der Waals surface area (Å²) < 4.78 is 0. The van der Waals surface area contributed by atoms with E-state index in [1.54, 1.807) is 0 Å². The lowest BCUT2D eigenvalue weighted by Crippen LogP contribution is -1.84. The Balaban J connectivity index is 1.79. The van der Waals surface area contributed by atoms with E-state index < -0.39 is 0 Å². The molecule has 0 unspecified atom stereocenters. The molecule has 0 saturated heterocycles. The largest absolute Gasteiger partial charge is 0.297 e. The molecule has 0 amide bonds. The van der Waals surface area contributed by atoms with Crippen LogP contribution in [0.15, 0.2) is 4.99 Å². The van der Waals surface area contributed by atoms with Crippen LogP contribution in [-0.2, 0) is 0 Å². The van der Waals surface area contributed by atoms with Crippen LogP contribution in [0.3, 0.4) is 0 Å². The Morgan fingerprint density at radius 2 is 2.09 bits per heavy atom. The fourth-order valence-electron chi connectivity index (χ4n) is 1.10. The van der Waals surface area contributed by atoms with Crippen LogP contribution < -0.4 is 0 Å². The first-order valence-corrected chi connectivity index (χ1v) is 4.93. The van der Waals surface area contributed by atoms with E-state index in [2.05, 4.69) is 18.1 Å². The second kappa shape index (κ2) is 5.34. The van der Waals surface area contributed by atoms with Gasteiger partial charge in [0.1, 0.15) is 0 Å². The van der Waals surface area contributed by atoms with Crippen molar-refractivity contribution in [3.8, 4) is 0 Å². The summed E-state index contributed by atoms with van der Waals surface area (Å²) in [7, 11) is 0. The minimum absolute atomic E-state index is 0.862.